The third-order valence-electron chi connectivity index (χ3n) is 4.00. The second-order valence-corrected chi connectivity index (χ2v) is 7.26. The van der Waals surface area contributed by atoms with Crippen molar-refractivity contribution in [1.29, 1.82) is 0 Å². The van der Waals surface area contributed by atoms with Crippen LogP contribution in [0.1, 0.15) is 38.3 Å². The van der Waals surface area contributed by atoms with Gasteiger partial charge in [-0.15, -0.1) is 0 Å². The van der Waals surface area contributed by atoms with Gasteiger partial charge in [0.2, 0.25) is 5.91 Å². The number of para-hydroxylation sites is 1. The Morgan fingerprint density at radius 1 is 0.963 bits per heavy atom. The summed E-state index contributed by atoms with van der Waals surface area (Å²) in [5.74, 6) is -1.44. The molecule has 2 aromatic carbocycles. The molecule has 0 aliphatic rings. The number of benzene rings is 2. The molecule has 0 atom stereocenters. The summed E-state index contributed by atoms with van der Waals surface area (Å²) in [4.78, 5) is 23.5. The van der Waals surface area contributed by atoms with Crippen molar-refractivity contribution in [1.82, 2.24) is 10.9 Å². The van der Waals surface area contributed by atoms with E-state index >= 15 is 0 Å². The van der Waals surface area contributed by atoms with Gasteiger partial charge in [0, 0.05) is 6.42 Å². The highest BCUT2D eigenvalue weighted by molar-refractivity contribution is 5.82. The number of nitrogens with one attached hydrogen (secondary N) is 2. The summed E-state index contributed by atoms with van der Waals surface area (Å²) in [6, 6.07) is 13.9. The van der Waals surface area contributed by atoms with Crippen LogP contribution in [0, 0.1) is 5.82 Å². The van der Waals surface area contributed by atoms with E-state index in [2.05, 4.69) is 43.8 Å². The smallest absolute Gasteiger partial charge is 0.276 e. The molecule has 0 radical (unpaired) electrons. The van der Waals surface area contributed by atoms with E-state index in [9.17, 15) is 14.0 Å². The molecular formula is C21H25FN2O3. The molecule has 0 aromatic heterocycles. The molecule has 2 amide bonds. The molecule has 0 aliphatic heterocycles. The number of amides is 2. The summed E-state index contributed by atoms with van der Waals surface area (Å²) in [6.45, 7) is 6.05. The Morgan fingerprint density at radius 2 is 1.59 bits per heavy atom. The van der Waals surface area contributed by atoms with Crippen molar-refractivity contribution in [2.45, 2.75) is 39.0 Å². The van der Waals surface area contributed by atoms with Crippen molar-refractivity contribution in [3.8, 4) is 5.75 Å². The molecular weight excluding hydrogens is 347 g/mol. The molecule has 0 heterocycles. The Morgan fingerprint density at radius 3 is 2.22 bits per heavy atom. The van der Waals surface area contributed by atoms with Gasteiger partial charge in [0.25, 0.3) is 5.91 Å². The molecule has 144 valence electrons. The van der Waals surface area contributed by atoms with Gasteiger partial charge in [0.05, 0.1) is 0 Å². The third-order valence-corrected chi connectivity index (χ3v) is 4.00. The second kappa shape index (κ2) is 9.16. The van der Waals surface area contributed by atoms with Gasteiger partial charge in [-0.2, -0.15) is 0 Å². The first-order valence-electron chi connectivity index (χ1n) is 8.80. The highest BCUT2D eigenvalue weighted by Crippen LogP contribution is 2.22. The number of ether oxygens (including phenoxy) is 1. The average molecular weight is 372 g/mol. The zero-order valence-corrected chi connectivity index (χ0v) is 15.8. The summed E-state index contributed by atoms with van der Waals surface area (Å²) in [6.07, 6.45) is 0.807. The van der Waals surface area contributed by atoms with Crippen LogP contribution in [0.4, 0.5) is 4.39 Å². The summed E-state index contributed by atoms with van der Waals surface area (Å²) < 4.78 is 18.4. The molecule has 2 N–H and O–H groups in total. The standard InChI is InChI=1S/C21H25FN2O3/c1-21(2,3)16-11-8-15(9-12-16)10-13-19(25)23-24-20(26)14-27-18-7-5-4-6-17(18)22/h4-9,11-12H,10,13-14H2,1-3H3,(H,23,25)(H,24,26). The lowest BCUT2D eigenvalue weighted by molar-refractivity contribution is -0.130. The first-order chi connectivity index (χ1) is 12.8. The lowest BCUT2D eigenvalue weighted by Crippen LogP contribution is -2.43. The predicted molar refractivity (Wildman–Crippen MR) is 102 cm³/mol. The number of halogens is 1. The third kappa shape index (κ3) is 6.73. The predicted octanol–water partition coefficient (Wildman–Crippen LogP) is 3.28. The van der Waals surface area contributed by atoms with Gasteiger partial charge in [-0.25, -0.2) is 4.39 Å². The molecule has 2 rings (SSSR count). The van der Waals surface area contributed by atoms with Crippen LogP contribution in [0.2, 0.25) is 0 Å². The SMILES string of the molecule is CC(C)(C)c1ccc(CCC(=O)NNC(=O)COc2ccccc2F)cc1. The number of carbonyl (C=O) groups excluding carboxylic acids is 2. The molecule has 27 heavy (non-hydrogen) atoms. The van der Waals surface area contributed by atoms with Crippen molar-refractivity contribution in [3.63, 3.8) is 0 Å². The Bertz CT molecular complexity index is 783. The summed E-state index contributed by atoms with van der Waals surface area (Å²) in [7, 11) is 0. The lowest BCUT2D eigenvalue weighted by Gasteiger charge is -2.19. The molecule has 5 nitrogen and oxygen atoms in total. The van der Waals surface area contributed by atoms with E-state index in [1.807, 2.05) is 12.1 Å². The van der Waals surface area contributed by atoms with Gasteiger partial charge in [-0.3, -0.25) is 20.4 Å². The van der Waals surface area contributed by atoms with Crippen LogP contribution in [0.5, 0.6) is 5.75 Å². The van der Waals surface area contributed by atoms with Crippen molar-refractivity contribution in [2.75, 3.05) is 6.61 Å². The van der Waals surface area contributed by atoms with Gasteiger partial charge < -0.3 is 4.74 Å². The van der Waals surface area contributed by atoms with Crippen LogP contribution in [0.3, 0.4) is 0 Å². The van der Waals surface area contributed by atoms with Gasteiger partial charge in [-0.05, 0) is 35.1 Å². The number of hydrazine groups is 1. The molecule has 0 saturated carbocycles. The van der Waals surface area contributed by atoms with Crippen molar-refractivity contribution >= 4 is 11.8 Å². The van der Waals surface area contributed by atoms with E-state index in [4.69, 9.17) is 4.74 Å². The van der Waals surface area contributed by atoms with Crippen LogP contribution in [0.15, 0.2) is 48.5 Å². The quantitative estimate of drug-likeness (QED) is 0.765. The van der Waals surface area contributed by atoms with E-state index in [-0.39, 0.29) is 23.5 Å². The van der Waals surface area contributed by atoms with E-state index in [0.29, 0.717) is 6.42 Å². The van der Waals surface area contributed by atoms with Crippen molar-refractivity contribution in [3.05, 3.63) is 65.5 Å². The van der Waals surface area contributed by atoms with Crippen LogP contribution in [-0.4, -0.2) is 18.4 Å². The Hall–Kier alpha value is -2.89. The van der Waals surface area contributed by atoms with E-state index in [0.717, 1.165) is 5.56 Å². The highest BCUT2D eigenvalue weighted by Gasteiger charge is 2.13. The van der Waals surface area contributed by atoms with Crippen LogP contribution < -0.4 is 15.6 Å². The zero-order valence-electron chi connectivity index (χ0n) is 15.8. The largest absolute Gasteiger partial charge is 0.481 e. The fourth-order valence-corrected chi connectivity index (χ4v) is 2.37. The minimum absolute atomic E-state index is 0.0160. The first-order valence-corrected chi connectivity index (χ1v) is 8.80. The lowest BCUT2D eigenvalue weighted by atomic mass is 9.86. The maximum absolute atomic E-state index is 13.4. The summed E-state index contributed by atoms with van der Waals surface area (Å²) in [5, 5.41) is 0. The summed E-state index contributed by atoms with van der Waals surface area (Å²) >= 11 is 0. The number of carbonyl (C=O) groups is 2. The monoisotopic (exact) mass is 372 g/mol. The number of hydrogen-bond acceptors (Lipinski definition) is 3. The number of rotatable bonds is 6. The molecule has 0 spiro atoms. The fraction of sp³-hybridized carbons (Fsp3) is 0.333. The maximum atomic E-state index is 13.4. The molecule has 0 aliphatic carbocycles. The topological polar surface area (TPSA) is 67.4 Å². The van der Waals surface area contributed by atoms with Crippen molar-refractivity contribution < 1.29 is 18.7 Å². The van der Waals surface area contributed by atoms with Gasteiger partial charge in [0.1, 0.15) is 0 Å². The molecule has 6 heteroatoms. The highest BCUT2D eigenvalue weighted by atomic mass is 19.1. The molecule has 2 aromatic rings. The molecule has 0 fully saturated rings. The molecule has 0 unspecified atom stereocenters. The average Bonchev–Trinajstić information content (AvgIpc) is 2.63. The van der Waals surface area contributed by atoms with Gasteiger partial charge >= 0.3 is 0 Å². The fourth-order valence-electron chi connectivity index (χ4n) is 2.37. The Labute approximate surface area is 158 Å². The minimum atomic E-state index is -0.568. The Balaban J connectivity index is 1.70. The first kappa shape index (κ1) is 20.4. The minimum Gasteiger partial charge on any atom is -0.481 e. The van der Waals surface area contributed by atoms with Crippen molar-refractivity contribution in [2.24, 2.45) is 0 Å². The number of aryl methyl sites for hydroxylation is 1. The maximum Gasteiger partial charge on any atom is 0.276 e. The Kier molecular flexibility index (Phi) is 6.93. The van der Waals surface area contributed by atoms with E-state index in [1.54, 1.807) is 6.07 Å². The van der Waals surface area contributed by atoms with E-state index < -0.39 is 18.3 Å². The zero-order chi connectivity index (χ0) is 19.9. The van der Waals surface area contributed by atoms with Crippen LogP contribution in [-0.2, 0) is 21.4 Å². The van der Waals surface area contributed by atoms with Crippen LogP contribution >= 0.6 is 0 Å². The molecule has 0 bridgehead atoms. The second-order valence-electron chi connectivity index (χ2n) is 7.26. The van der Waals surface area contributed by atoms with Gasteiger partial charge in [-0.1, -0.05) is 57.2 Å². The molecule has 0 saturated heterocycles. The van der Waals surface area contributed by atoms with Gasteiger partial charge in [0.15, 0.2) is 18.2 Å². The summed E-state index contributed by atoms with van der Waals surface area (Å²) in [5.41, 5.74) is 6.95. The normalized spacial score (nSPS) is 11.0. The van der Waals surface area contributed by atoms with E-state index in [1.165, 1.54) is 23.8 Å². The number of hydrogen-bond donors (Lipinski definition) is 2. The van der Waals surface area contributed by atoms with Crippen LogP contribution in [0.25, 0.3) is 0 Å².